The van der Waals surface area contributed by atoms with E-state index in [4.69, 9.17) is 0 Å². The van der Waals surface area contributed by atoms with Crippen LogP contribution in [-0.4, -0.2) is 13.1 Å². The summed E-state index contributed by atoms with van der Waals surface area (Å²) in [6.07, 6.45) is 59.9. The van der Waals surface area contributed by atoms with Crippen molar-refractivity contribution in [1.29, 1.82) is 0 Å². The van der Waals surface area contributed by atoms with E-state index < -0.39 is 0 Å². The molecule has 0 spiro atoms. The Labute approximate surface area is 272 Å². The number of hydrogen-bond acceptors (Lipinski definition) is 1. The molecule has 252 valence electrons. The highest BCUT2D eigenvalue weighted by Gasteiger charge is 1.96. The second kappa shape index (κ2) is 40.9. The van der Waals surface area contributed by atoms with Crippen molar-refractivity contribution >= 4 is 0 Å². The summed E-state index contributed by atoms with van der Waals surface area (Å²) in [5, 5.41) is 3.65. The van der Waals surface area contributed by atoms with Crippen molar-refractivity contribution in [3.63, 3.8) is 0 Å². The fourth-order valence-corrected chi connectivity index (χ4v) is 5.70. The van der Waals surface area contributed by atoms with Crippen molar-refractivity contribution in [2.24, 2.45) is 0 Å². The topological polar surface area (TPSA) is 12.0 Å². The molecule has 0 atom stereocenters. The maximum atomic E-state index is 3.65. The molecule has 0 aromatic carbocycles. The molecule has 1 nitrogen and oxygen atoms in total. The minimum Gasteiger partial charge on any atom is -0.317 e. The van der Waals surface area contributed by atoms with Crippen LogP contribution in [-0.2, 0) is 0 Å². The smallest absolute Gasteiger partial charge is 0.00488 e. The Bertz CT molecular complexity index is 598. The second-order valence-corrected chi connectivity index (χ2v) is 13.1. The highest BCUT2D eigenvalue weighted by molar-refractivity contribution is 4.99. The third-order valence-electron chi connectivity index (χ3n) is 8.64. The average Bonchev–Trinajstić information content (AvgIpc) is 3.02. The Kier molecular flexibility index (Phi) is 39.9. The predicted molar refractivity (Wildman–Crippen MR) is 199 cm³/mol. The van der Waals surface area contributed by atoms with Gasteiger partial charge in [-0.25, -0.2) is 0 Å². The van der Waals surface area contributed by atoms with Crippen molar-refractivity contribution in [3.8, 4) is 0 Å². The van der Waals surface area contributed by atoms with Crippen LogP contribution in [0.1, 0.15) is 206 Å². The molecule has 0 fully saturated rings. The van der Waals surface area contributed by atoms with E-state index in [1.54, 1.807) is 0 Å². The maximum Gasteiger partial charge on any atom is -0.00488 e. The van der Waals surface area contributed by atoms with Crippen LogP contribution in [0.3, 0.4) is 0 Å². The molecular weight excluding hydrogens is 518 g/mol. The fourth-order valence-electron chi connectivity index (χ4n) is 5.70. The monoisotopic (exact) mass is 598 g/mol. The van der Waals surface area contributed by atoms with Gasteiger partial charge in [0.15, 0.2) is 0 Å². The minimum atomic E-state index is 1.06. The van der Waals surface area contributed by atoms with Crippen LogP contribution >= 0.6 is 0 Å². The Morgan fingerprint density at radius 2 is 0.535 bits per heavy atom. The van der Waals surface area contributed by atoms with E-state index in [-0.39, 0.29) is 0 Å². The van der Waals surface area contributed by atoms with Crippen LogP contribution in [0.25, 0.3) is 0 Å². The molecule has 0 aromatic rings. The summed E-state index contributed by atoms with van der Waals surface area (Å²) in [5.41, 5.74) is 0. The van der Waals surface area contributed by atoms with Crippen LogP contribution in [0.5, 0.6) is 0 Å². The first-order valence-electron chi connectivity index (χ1n) is 19.7. The van der Waals surface area contributed by atoms with Crippen LogP contribution in [0, 0.1) is 0 Å². The Balaban J connectivity index is 3.18. The van der Waals surface area contributed by atoms with Crippen LogP contribution < -0.4 is 5.32 Å². The Hall–Kier alpha value is -1.08. The molecular formula is C42H79N. The van der Waals surface area contributed by atoms with E-state index in [1.807, 2.05) is 0 Å². The van der Waals surface area contributed by atoms with E-state index in [1.165, 1.54) is 186 Å². The zero-order valence-electron chi connectivity index (χ0n) is 29.7. The molecule has 43 heavy (non-hydrogen) atoms. The molecule has 0 aromatic heterocycles. The molecule has 0 bridgehead atoms. The molecule has 0 unspecified atom stereocenters. The third-order valence-corrected chi connectivity index (χ3v) is 8.64. The molecule has 1 heteroatoms. The van der Waals surface area contributed by atoms with E-state index in [2.05, 4.69) is 67.8 Å². The number of unbranched alkanes of at least 4 members (excludes halogenated alkanes) is 24. The lowest BCUT2D eigenvalue weighted by molar-refractivity contribution is 0.518. The van der Waals surface area contributed by atoms with E-state index in [0.29, 0.717) is 0 Å². The van der Waals surface area contributed by atoms with E-state index >= 15 is 0 Å². The molecule has 0 saturated carbocycles. The lowest BCUT2D eigenvalue weighted by Gasteiger charge is -2.05. The summed E-state index contributed by atoms with van der Waals surface area (Å²) >= 11 is 0. The summed E-state index contributed by atoms with van der Waals surface area (Å²) in [7, 11) is 0. The molecule has 0 heterocycles. The first kappa shape index (κ1) is 41.9. The van der Waals surface area contributed by atoms with Gasteiger partial charge in [0.25, 0.3) is 0 Å². The quantitative estimate of drug-likeness (QED) is 0.0559. The summed E-state index contributed by atoms with van der Waals surface area (Å²) in [6, 6.07) is 0. The number of allylic oxidation sites excluding steroid dienone is 8. The summed E-state index contributed by atoms with van der Waals surface area (Å²) < 4.78 is 0. The molecule has 0 saturated heterocycles. The fraction of sp³-hybridized carbons (Fsp3) is 0.810. The van der Waals surface area contributed by atoms with Crippen molar-refractivity contribution in [3.05, 3.63) is 48.6 Å². The largest absolute Gasteiger partial charge is 0.317 e. The summed E-state index contributed by atoms with van der Waals surface area (Å²) in [4.78, 5) is 0. The van der Waals surface area contributed by atoms with Gasteiger partial charge in [-0.15, -0.1) is 0 Å². The number of nitrogens with one attached hydrogen (secondary N) is 1. The van der Waals surface area contributed by atoms with Crippen LogP contribution in [0.4, 0.5) is 0 Å². The van der Waals surface area contributed by atoms with Gasteiger partial charge in [0.05, 0.1) is 0 Å². The molecule has 0 amide bonds. The lowest BCUT2D eigenvalue weighted by atomic mass is 10.0. The van der Waals surface area contributed by atoms with Crippen molar-refractivity contribution < 1.29 is 0 Å². The Morgan fingerprint density at radius 3 is 0.907 bits per heavy atom. The molecule has 1 N–H and O–H groups in total. The average molecular weight is 598 g/mol. The van der Waals surface area contributed by atoms with Gasteiger partial charge < -0.3 is 5.32 Å². The van der Waals surface area contributed by atoms with Gasteiger partial charge in [0.2, 0.25) is 0 Å². The minimum absolute atomic E-state index is 1.06. The zero-order chi connectivity index (χ0) is 31.0. The van der Waals surface area contributed by atoms with Crippen molar-refractivity contribution in [2.75, 3.05) is 13.1 Å². The summed E-state index contributed by atoms with van der Waals surface area (Å²) in [5.74, 6) is 0. The van der Waals surface area contributed by atoms with Gasteiger partial charge in [-0.1, -0.05) is 197 Å². The van der Waals surface area contributed by atoms with Crippen molar-refractivity contribution in [1.82, 2.24) is 5.32 Å². The highest BCUT2D eigenvalue weighted by Crippen LogP contribution is 2.15. The highest BCUT2D eigenvalue weighted by atomic mass is 14.8. The van der Waals surface area contributed by atoms with Gasteiger partial charge in [0.1, 0.15) is 0 Å². The SMILES string of the molecule is CCCCC/C=C\C/C=C\C/C=C\C/C=C\CCCCNCCCCCCCCCCCCCCCCCCCCCC. The van der Waals surface area contributed by atoms with Gasteiger partial charge in [-0.3, -0.25) is 0 Å². The third kappa shape index (κ3) is 40.9. The number of rotatable bonds is 36. The summed E-state index contributed by atoms with van der Waals surface area (Å²) in [6.45, 7) is 6.97. The standard InChI is InChI=1S/C42H79N/c1-3-5-7-9-11-13-15-17-19-21-23-24-26-28-30-32-34-36-38-40-42-43-41-39-37-35-33-31-29-27-25-22-20-18-16-14-12-10-8-6-4-2/h12,14,18,20,25,27,31,33,43H,3-11,13,15-17,19,21-24,26,28-30,32,34-42H2,1-2H3/b14-12-,20-18-,27-25-,33-31-. The predicted octanol–water partition coefficient (Wildman–Crippen LogP) is 14.5. The first-order valence-corrected chi connectivity index (χ1v) is 19.7. The van der Waals surface area contributed by atoms with Gasteiger partial charge >= 0.3 is 0 Å². The zero-order valence-corrected chi connectivity index (χ0v) is 29.7. The van der Waals surface area contributed by atoms with Gasteiger partial charge in [-0.05, 0) is 70.9 Å². The van der Waals surface area contributed by atoms with Gasteiger partial charge in [-0.2, -0.15) is 0 Å². The molecule has 0 aliphatic heterocycles. The van der Waals surface area contributed by atoms with E-state index in [9.17, 15) is 0 Å². The lowest BCUT2D eigenvalue weighted by Crippen LogP contribution is -2.16. The van der Waals surface area contributed by atoms with Crippen molar-refractivity contribution in [2.45, 2.75) is 206 Å². The normalized spacial score (nSPS) is 12.3. The van der Waals surface area contributed by atoms with Crippen LogP contribution in [0.15, 0.2) is 48.6 Å². The first-order chi connectivity index (χ1) is 21.4. The second-order valence-electron chi connectivity index (χ2n) is 13.1. The molecule has 0 radical (unpaired) electrons. The molecule has 0 aliphatic carbocycles. The van der Waals surface area contributed by atoms with E-state index in [0.717, 1.165) is 19.3 Å². The number of hydrogen-bond donors (Lipinski definition) is 1. The maximum absolute atomic E-state index is 3.65. The van der Waals surface area contributed by atoms with Crippen LogP contribution in [0.2, 0.25) is 0 Å². The molecule has 0 rings (SSSR count). The van der Waals surface area contributed by atoms with Gasteiger partial charge in [0, 0.05) is 0 Å². The molecule has 0 aliphatic rings. The Morgan fingerprint density at radius 1 is 0.279 bits per heavy atom.